The molecule has 1 unspecified atom stereocenters. The minimum Gasteiger partial charge on any atom is -0.329 e. The van der Waals surface area contributed by atoms with Crippen LogP contribution in [-0.4, -0.2) is 43.5 Å². The van der Waals surface area contributed by atoms with Gasteiger partial charge in [-0.05, 0) is 6.92 Å². The number of hydrogen-bond donors (Lipinski definition) is 1. The van der Waals surface area contributed by atoms with Crippen LogP contribution in [0.15, 0.2) is 0 Å². The van der Waals surface area contributed by atoms with Gasteiger partial charge in [0, 0.05) is 0 Å². The first-order chi connectivity index (χ1) is 3.95. The zero-order valence-corrected chi connectivity index (χ0v) is 6.59. The Bertz CT molecular complexity index is 77.6. The fourth-order valence-corrected chi connectivity index (χ4v) is 0.805. The molecular weight excluding hydrogens is 118 g/mol. The number of quaternary nitrogens is 1. The zero-order valence-electron chi connectivity index (χ0n) is 6.59. The van der Waals surface area contributed by atoms with E-state index in [-0.39, 0.29) is 6.10 Å². The van der Waals surface area contributed by atoms with Crippen molar-refractivity contribution >= 4 is 0 Å². The van der Waals surface area contributed by atoms with E-state index >= 15 is 0 Å². The van der Waals surface area contributed by atoms with Crippen LogP contribution < -0.4 is 0 Å². The van der Waals surface area contributed by atoms with Crippen LogP contribution in [0.3, 0.4) is 0 Å². The lowest BCUT2D eigenvalue weighted by molar-refractivity contribution is -0.874. The number of nitrogens with zero attached hydrogens (tertiary/aromatic N) is 1. The number of likely N-dealkylation sites (N-methyl/N-ethyl adjacent to an activating group) is 1. The van der Waals surface area contributed by atoms with Gasteiger partial charge in [0.05, 0.1) is 21.1 Å². The first kappa shape index (κ1) is 8.88. The molecule has 0 spiro atoms. The number of hydrogen-bond acceptors (Lipinski definition) is 2. The van der Waals surface area contributed by atoms with Crippen LogP contribution >= 0.6 is 0 Å². The Morgan fingerprint density at radius 3 is 2.00 bits per heavy atom. The van der Waals surface area contributed by atoms with E-state index in [9.17, 15) is 0 Å². The van der Waals surface area contributed by atoms with Crippen molar-refractivity contribution < 1.29 is 14.6 Å². The summed E-state index contributed by atoms with van der Waals surface area (Å²) in [6.07, 6.45) is -0.0787. The highest BCUT2D eigenvalue weighted by atomic mass is 17.1. The molecule has 0 aromatic heterocycles. The van der Waals surface area contributed by atoms with Crippen molar-refractivity contribution in [2.45, 2.75) is 13.0 Å². The normalized spacial score (nSPS) is 15.7. The molecule has 0 bridgehead atoms. The summed E-state index contributed by atoms with van der Waals surface area (Å²) in [6, 6.07) is 0. The number of rotatable bonds is 3. The molecular formula is C6H16NO2+. The molecule has 0 aromatic rings. The summed E-state index contributed by atoms with van der Waals surface area (Å²) in [5.41, 5.74) is 0. The van der Waals surface area contributed by atoms with Crippen LogP contribution in [-0.2, 0) is 4.89 Å². The molecule has 3 heteroatoms. The smallest absolute Gasteiger partial charge is 0.139 e. The molecule has 0 aliphatic carbocycles. The lowest BCUT2D eigenvalue weighted by Crippen LogP contribution is -2.41. The van der Waals surface area contributed by atoms with E-state index in [2.05, 4.69) is 26.0 Å². The molecule has 0 rings (SSSR count). The molecule has 1 atom stereocenters. The average molecular weight is 134 g/mol. The van der Waals surface area contributed by atoms with E-state index in [1.807, 2.05) is 6.92 Å². The highest BCUT2D eigenvalue weighted by Crippen LogP contribution is 1.95. The fourth-order valence-electron chi connectivity index (χ4n) is 0.805. The van der Waals surface area contributed by atoms with E-state index in [1.54, 1.807) is 0 Å². The van der Waals surface area contributed by atoms with E-state index in [0.29, 0.717) is 0 Å². The second kappa shape index (κ2) is 3.15. The lowest BCUT2D eigenvalue weighted by Gasteiger charge is -2.25. The van der Waals surface area contributed by atoms with Gasteiger partial charge in [0.25, 0.3) is 0 Å². The molecule has 1 N–H and O–H groups in total. The van der Waals surface area contributed by atoms with Gasteiger partial charge in [0.2, 0.25) is 0 Å². The van der Waals surface area contributed by atoms with E-state index in [4.69, 9.17) is 5.26 Å². The van der Waals surface area contributed by atoms with Gasteiger partial charge in [-0.25, -0.2) is 4.89 Å². The Labute approximate surface area is 56.4 Å². The third-order valence-corrected chi connectivity index (χ3v) is 0.985. The topological polar surface area (TPSA) is 29.5 Å². The first-order valence-electron chi connectivity index (χ1n) is 3.06. The molecule has 0 amide bonds. The van der Waals surface area contributed by atoms with E-state index < -0.39 is 0 Å². The van der Waals surface area contributed by atoms with Crippen molar-refractivity contribution in [2.24, 2.45) is 0 Å². The Balaban J connectivity index is 3.47. The zero-order chi connectivity index (χ0) is 7.49. The van der Waals surface area contributed by atoms with Crippen LogP contribution in [0, 0.1) is 0 Å². The molecule has 9 heavy (non-hydrogen) atoms. The summed E-state index contributed by atoms with van der Waals surface area (Å²) in [5, 5.41) is 8.19. The molecule has 0 aliphatic heterocycles. The van der Waals surface area contributed by atoms with Crippen LogP contribution in [0.4, 0.5) is 0 Å². The summed E-state index contributed by atoms with van der Waals surface area (Å²) in [7, 11) is 6.15. The summed E-state index contributed by atoms with van der Waals surface area (Å²) >= 11 is 0. The molecule has 0 saturated heterocycles. The second-order valence-corrected chi connectivity index (χ2v) is 3.39. The highest BCUT2D eigenvalue weighted by Gasteiger charge is 2.13. The van der Waals surface area contributed by atoms with Crippen LogP contribution in [0.25, 0.3) is 0 Å². The Hall–Kier alpha value is -0.120. The monoisotopic (exact) mass is 134 g/mol. The molecule has 0 radical (unpaired) electrons. The Kier molecular flexibility index (Phi) is 3.11. The summed E-state index contributed by atoms with van der Waals surface area (Å²) in [5.74, 6) is 0. The first-order valence-corrected chi connectivity index (χ1v) is 3.06. The molecule has 0 aromatic carbocycles. The van der Waals surface area contributed by atoms with Gasteiger partial charge in [-0.2, -0.15) is 0 Å². The molecule has 0 fully saturated rings. The Morgan fingerprint density at radius 1 is 1.44 bits per heavy atom. The fraction of sp³-hybridized carbons (Fsp3) is 1.00. The van der Waals surface area contributed by atoms with Gasteiger partial charge in [-0.3, -0.25) is 5.26 Å². The average Bonchev–Trinajstić information content (AvgIpc) is 1.62. The van der Waals surface area contributed by atoms with E-state index in [0.717, 1.165) is 11.0 Å². The van der Waals surface area contributed by atoms with Crippen molar-refractivity contribution in [3.63, 3.8) is 0 Å². The highest BCUT2D eigenvalue weighted by molar-refractivity contribution is 4.41. The van der Waals surface area contributed by atoms with Crippen molar-refractivity contribution in [1.29, 1.82) is 0 Å². The SMILES string of the molecule is CC(C[N+](C)(C)C)OO. The lowest BCUT2D eigenvalue weighted by atomic mass is 10.3. The van der Waals surface area contributed by atoms with Gasteiger partial charge in [-0.1, -0.05) is 0 Å². The third-order valence-electron chi connectivity index (χ3n) is 0.985. The largest absolute Gasteiger partial charge is 0.329 e. The third kappa shape index (κ3) is 5.76. The summed E-state index contributed by atoms with van der Waals surface area (Å²) in [4.78, 5) is 4.11. The summed E-state index contributed by atoms with van der Waals surface area (Å²) < 4.78 is 0.807. The van der Waals surface area contributed by atoms with Crippen molar-refractivity contribution in [1.82, 2.24) is 0 Å². The molecule has 0 heterocycles. The maximum Gasteiger partial charge on any atom is 0.139 e. The maximum atomic E-state index is 8.19. The van der Waals surface area contributed by atoms with Gasteiger partial charge < -0.3 is 4.48 Å². The van der Waals surface area contributed by atoms with Gasteiger partial charge in [0.15, 0.2) is 0 Å². The predicted octanol–water partition coefficient (Wildman–Crippen LogP) is 0.571. The van der Waals surface area contributed by atoms with Crippen molar-refractivity contribution in [2.75, 3.05) is 27.7 Å². The van der Waals surface area contributed by atoms with Crippen molar-refractivity contribution in [3.05, 3.63) is 0 Å². The molecule has 3 nitrogen and oxygen atoms in total. The van der Waals surface area contributed by atoms with Crippen molar-refractivity contribution in [3.8, 4) is 0 Å². The second-order valence-electron chi connectivity index (χ2n) is 3.39. The minimum absolute atomic E-state index is 0.0787. The van der Waals surface area contributed by atoms with E-state index in [1.165, 1.54) is 0 Å². The van der Waals surface area contributed by atoms with Gasteiger partial charge in [0.1, 0.15) is 12.6 Å². The molecule has 0 aliphatic rings. The van der Waals surface area contributed by atoms with Crippen LogP contribution in [0.5, 0.6) is 0 Å². The minimum atomic E-state index is -0.0787. The molecule has 0 saturated carbocycles. The van der Waals surface area contributed by atoms with Gasteiger partial charge >= 0.3 is 0 Å². The maximum absolute atomic E-state index is 8.19. The summed E-state index contributed by atoms with van der Waals surface area (Å²) in [6.45, 7) is 2.65. The standard InChI is InChI=1S/C6H15NO2/c1-6(9-8)5-7(2,3)4/h6H,5H2,1-4H3/p+1. The van der Waals surface area contributed by atoms with Gasteiger partial charge in [-0.15, -0.1) is 0 Å². The predicted molar refractivity (Wildman–Crippen MR) is 36.1 cm³/mol. The Morgan fingerprint density at radius 2 is 1.89 bits per heavy atom. The van der Waals surface area contributed by atoms with Crippen LogP contribution in [0.1, 0.15) is 6.92 Å². The van der Waals surface area contributed by atoms with Crippen LogP contribution in [0.2, 0.25) is 0 Å². The quantitative estimate of drug-likeness (QED) is 0.347. The molecule has 56 valence electrons.